The minimum absolute atomic E-state index is 0.152. The molecule has 2 aliphatic rings. The van der Waals surface area contributed by atoms with Crippen molar-refractivity contribution >= 4 is 11.3 Å². The number of ether oxygens (including phenoxy) is 1. The van der Waals surface area contributed by atoms with Gasteiger partial charge in [0.1, 0.15) is 6.10 Å². The van der Waals surface area contributed by atoms with Crippen molar-refractivity contribution in [3.8, 4) is 0 Å². The summed E-state index contributed by atoms with van der Waals surface area (Å²) in [5.41, 5.74) is 4.63. The first-order valence-electron chi connectivity index (χ1n) is 7.11. The monoisotopic (exact) mass is 270 g/mol. The average molecular weight is 270 g/mol. The molecule has 0 amide bonds. The van der Waals surface area contributed by atoms with Gasteiger partial charge in [0.25, 0.3) is 0 Å². The number of aryl methyl sites for hydroxylation is 1. The van der Waals surface area contributed by atoms with Crippen LogP contribution in [0.4, 0.5) is 0 Å². The zero-order chi connectivity index (χ0) is 12.9. The quantitative estimate of drug-likeness (QED) is 0.782. The van der Waals surface area contributed by atoms with Gasteiger partial charge in [-0.25, -0.2) is 0 Å². The maximum Gasteiger partial charge on any atom is 0.109 e. The van der Waals surface area contributed by atoms with Crippen molar-refractivity contribution in [2.75, 3.05) is 6.61 Å². The van der Waals surface area contributed by atoms with E-state index < -0.39 is 0 Å². The lowest BCUT2D eigenvalue weighted by molar-refractivity contribution is 0.0469. The number of benzene rings is 1. The summed E-state index contributed by atoms with van der Waals surface area (Å²) in [6.45, 7) is 3.11. The highest BCUT2D eigenvalue weighted by Crippen LogP contribution is 2.54. The van der Waals surface area contributed by atoms with Gasteiger partial charge in [0.2, 0.25) is 0 Å². The fourth-order valence-electron chi connectivity index (χ4n) is 3.18. The smallest absolute Gasteiger partial charge is 0.109 e. The summed E-state index contributed by atoms with van der Waals surface area (Å²) in [5.74, 6) is 0. The molecule has 1 aromatic heterocycles. The van der Waals surface area contributed by atoms with E-state index in [2.05, 4.69) is 42.6 Å². The van der Waals surface area contributed by atoms with Gasteiger partial charge in [-0.15, -0.1) is 11.3 Å². The second-order valence-corrected chi connectivity index (χ2v) is 6.75. The average Bonchev–Trinajstić information content (AvgIpc) is 3.07. The molecule has 4 rings (SSSR count). The van der Waals surface area contributed by atoms with E-state index >= 15 is 0 Å². The minimum atomic E-state index is 0.152. The predicted octanol–water partition coefficient (Wildman–Crippen LogP) is 4.46. The zero-order valence-corrected chi connectivity index (χ0v) is 12.0. The molecule has 1 spiro atoms. The summed E-state index contributed by atoms with van der Waals surface area (Å²) in [7, 11) is 0. The molecular formula is C17H18OS. The van der Waals surface area contributed by atoms with Crippen LogP contribution in [0.3, 0.4) is 0 Å². The Balaban J connectivity index is 1.78. The molecule has 1 aliphatic heterocycles. The molecule has 2 aromatic rings. The van der Waals surface area contributed by atoms with Crippen LogP contribution in [0.2, 0.25) is 0 Å². The number of hydrogen-bond acceptors (Lipinski definition) is 2. The van der Waals surface area contributed by atoms with Gasteiger partial charge in [-0.1, -0.05) is 31.2 Å². The van der Waals surface area contributed by atoms with Crippen LogP contribution in [0.1, 0.15) is 47.4 Å². The number of hydrogen-bond donors (Lipinski definition) is 0. The largest absolute Gasteiger partial charge is 0.368 e. The highest BCUT2D eigenvalue weighted by atomic mass is 32.1. The van der Waals surface area contributed by atoms with Gasteiger partial charge >= 0.3 is 0 Å². The number of thiophene rings is 1. The van der Waals surface area contributed by atoms with Gasteiger partial charge in [-0.05, 0) is 47.4 Å². The third kappa shape index (κ3) is 1.78. The maximum absolute atomic E-state index is 6.23. The van der Waals surface area contributed by atoms with Crippen LogP contribution in [0.15, 0.2) is 35.7 Å². The molecule has 1 atom stereocenters. The Labute approximate surface area is 118 Å². The van der Waals surface area contributed by atoms with Crippen molar-refractivity contribution < 1.29 is 4.74 Å². The van der Waals surface area contributed by atoms with Crippen LogP contribution in [0, 0.1) is 0 Å². The van der Waals surface area contributed by atoms with Crippen molar-refractivity contribution in [1.82, 2.24) is 0 Å². The minimum Gasteiger partial charge on any atom is -0.368 e. The Bertz CT molecular complexity index is 609. The van der Waals surface area contributed by atoms with Gasteiger partial charge in [-0.3, -0.25) is 0 Å². The number of fused-ring (bicyclic) bond motifs is 2. The Morgan fingerprint density at radius 2 is 2.16 bits per heavy atom. The second kappa shape index (κ2) is 4.19. The molecule has 1 unspecified atom stereocenters. The predicted molar refractivity (Wildman–Crippen MR) is 78.8 cm³/mol. The molecule has 0 saturated heterocycles. The summed E-state index contributed by atoms with van der Waals surface area (Å²) in [6.07, 6.45) is 3.85. The van der Waals surface area contributed by atoms with Crippen LogP contribution < -0.4 is 0 Å². The number of rotatable bonds is 2. The molecule has 0 N–H and O–H groups in total. The lowest BCUT2D eigenvalue weighted by Crippen LogP contribution is -2.26. The first-order valence-corrected chi connectivity index (χ1v) is 7.99. The zero-order valence-electron chi connectivity index (χ0n) is 11.2. The van der Waals surface area contributed by atoms with Crippen LogP contribution in [-0.4, -0.2) is 6.61 Å². The standard InChI is InChI=1S/C17H18OS/c1-2-13-9-12(10-19-13)16-14-5-3-4-6-15(14)17(7-8-17)11-18-16/h3-6,9-10,16H,2,7-8,11H2,1H3. The van der Waals surface area contributed by atoms with Crippen LogP contribution in [0.25, 0.3) is 0 Å². The fourth-order valence-corrected chi connectivity index (χ4v) is 4.03. The van der Waals surface area contributed by atoms with Gasteiger partial charge in [0.05, 0.1) is 6.61 Å². The first kappa shape index (κ1) is 11.7. The summed E-state index contributed by atoms with van der Waals surface area (Å²) in [4.78, 5) is 1.45. The van der Waals surface area contributed by atoms with Gasteiger partial charge in [0.15, 0.2) is 0 Å². The van der Waals surface area contributed by atoms with Crippen LogP contribution in [-0.2, 0) is 16.6 Å². The van der Waals surface area contributed by atoms with Gasteiger partial charge in [-0.2, -0.15) is 0 Å². The van der Waals surface area contributed by atoms with Crippen molar-refractivity contribution in [1.29, 1.82) is 0 Å². The summed E-state index contributed by atoms with van der Waals surface area (Å²) >= 11 is 1.85. The van der Waals surface area contributed by atoms with E-state index in [0.717, 1.165) is 13.0 Å². The maximum atomic E-state index is 6.23. The molecule has 19 heavy (non-hydrogen) atoms. The van der Waals surface area contributed by atoms with Crippen LogP contribution in [0.5, 0.6) is 0 Å². The third-order valence-corrected chi connectivity index (χ3v) is 5.62. The van der Waals surface area contributed by atoms with Crippen molar-refractivity contribution in [3.63, 3.8) is 0 Å². The third-order valence-electron chi connectivity index (χ3n) is 4.52. The topological polar surface area (TPSA) is 9.23 Å². The normalized spacial score (nSPS) is 23.3. The molecule has 1 aromatic carbocycles. The summed E-state index contributed by atoms with van der Waals surface area (Å²) in [6, 6.07) is 11.2. The fraction of sp³-hybridized carbons (Fsp3) is 0.412. The summed E-state index contributed by atoms with van der Waals surface area (Å²) < 4.78 is 6.23. The van der Waals surface area contributed by atoms with Crippen molar-refractivity contribution in [2.45, 2.75) is 37.7 Å². The van der Waals surface area contributed by atoms with Gasteiger partial charge < -0.3 is 4.74 Å². The highest BCUT2D eigenvalue weighted by Gasteiger charge is 2.49. The van der Waals surface area contributed by atoms with E-state index in [4.69, 9.17) is 4.74 Å². The second-order valence-electron chi connectivity index (χ2n) is 5.76. The van der Waals surface area contributed by atoms with Crippen molar-refractivity contribution in [2.24, 2.45) is 0 Å². The molecular weight excluding hydrogens is 252 g/mol. The van der Waals surface area contributed by atoms with E-state index in [1.165, 1.54) is 34.4 Å². The molecule has 1 fully saturated rings. The van der Waals surface area contributed by atoms with Crippen molar-refractivity contribution in [3.05, 3.63) is 57.3 Å². The molecule has 0 radical (unpaired) electrons. The van der Waals surface area contributed by atoms with E-state index in [1.54, 1.807) is 0 Å². The van der Waals surface area contributed by atoms with Gasteiger partial charge in [0, 0.05) is 10.3 Å². The molecule has 0 bridgehead atoms. The van der Waals surface area contributed by atoms with E-state index in [9.17, 15) is 0 Å². The Hall–Kier alpha value is -1.12. The van der Waals surface area contributed by atoms with E-state index in [-0.39, 0.29) is 6.10 Å². The van der Waals surface area contributed by atoms with E-state index in [0.29, 0.717) is 5.41 Å². The molecule has 1 aliphatic carbocycles. The Morgan fingerprint density at radius 1 is 1.32 bits per heavy atom. The molecule has 98 valence electrons. The Kier molecular flexibility index (Phi) is 2.58. The Morgan fingerprint density at radius 3 is 2.89 bits per heavy atom. The highest BCUT2D eigenvalue weighted by molar-refractivity contribution is 7.10. The molecule has 2 heterocycles. The van der Waals surface area contributed by atoms with Crippen LogP contribution >= 0.6 is 11.3 Å². The molecule has 1 saturated carbocycles. The lowest BCUT2D eigenvalue weighted by Gasteiger charge is -2.32. The summed E-state index contributed by atoms with van der Waals surface area (Å²) in [5, 5.41) is 2.27. The molecule has 2 heteroatoms. The lowest BCUT2D eigenvalue weighted by atomic mass is 9.85. The van der Waals surface area contributed by atoms with E-state index in [1.807, 2.05) is 11.3 Å². The first-order chi connectivity index (χ1) is 9.32. The SMILES string of the molecule is CCc1cc(C2OCC3(CC3)c3ccccc32)cs1. The molecule has 1 nitrogen and oxygen atoms in total.